The maximum Gasteiger partial charge on any atom is 0.762 e. The lowest BCUT2D eigenvalue weighted by Gasteiger charge is -1.81. The van der Waals surface area contributed by atoms with Gasteiger partial charge in [0, 0.05) is 0 Å². The van der Waals surface area contributed by atoms with Gasteiger partial charge in [0.1, 0.15) is 5.82 Å². The number of aryl methyl sites for hydroxylation is 1. The van der Waals surface area contributed by atoms with Crippen molar-refractivity contribution in [3.63, 3.8) is 0 Å². The normalized spacial score (nSPS) is 9.43. The second kappa shape index (κ2) is 4.69. The quantitative estimate of drug-likeness (QED) is 0.650. The third-order valence-electron chi connectivity index (χ3n) is 1.51. The molecular weight excluding hydrogens is 192 g/mol. The van der Waals surface area contributed by atoms with E-state index in [0.29, 0.717) is 0 Å². The number of nitrogens with one attached hydrogen (secondary N) is 1. The van der Waals surface area contributed by atoms with Crippen LogP contribution in [0.4, 0.5) is 12.9 Å². The Morgan fingerprint density at radius 3 is 2.36 bits per heavy atom. The van der Waals surface area contributed by atoms with Crippen LogP contribution in [0.2, 0.25) is 0 Å². The van der Waals surface area contributed by atoms with Crippen LogP contribution < -0.4 is 0 Å². The molecule has 2 nitrogen and oxygen atoms in total. The molecule has 14 heavy (non-hydrogen) atoms. The van der Waals surface area contributed by atoms with Gasteiger partial charge in [0.25, 0.3) is 0 Å². The highest BCUT2D eigenvalue weighted by Gasteiger charge is 2.06. The first-order valence-corrected chi connectivity index (χ1v) is 3.93. The van der Waals surface area contributed by atoms with Gasteiger partial charge in [-0.3, -0.25) is 12.9 Å². The van der Waals surface area contributed by atoms with Crippen molar-refractivity contribution in [2.24, 2.45) is 0 Å². The number of hydrogen-bond donors (Lipinski definition) is 1. The zero-order valence-corrected chi connectivity index (χ0v) is 7.47. The number of para-hydroxylation sites is 2. The summed E-state index contributed by atoms with van der Waals surface area (Å²) in [5.74, 6) is 0.973. The summed E-state index contributed by atoms with van der Waals surface area (Å²) in [5, 5.41) is 0. The Bertz CT molecular complexity index is 366. The minimum Gasteiger partial charge on any atom is -0.342 e. The molecule has 0 spiro atoms. The number of aromatic nitrogens is 2. The lowest BCUT2D eigenvalue weighted by molar-refractivity contribution is 0.535. The second-order valence-electron chi connectivity index (χ2n) is 2.59. The molecule has 0 unspecified atom stereocenters. The first kappa shape index (κ1) is 10.6. The van der Waals surface area contributed by atoms with Gasteiger partial charge in [-0.15, -0.1) is 0 Å². The Hall–Kier alpha value is -1.46. The Morgan fingerprint density at radius 1 is 1.21 bits per heavy atom. The standard InChI is InChI=1S/C8H8N2.BF3/c1-6-9-7-4-2-3-5-8(7)10-6;2-1(3)4/h2-5H,1H3,(H,9,10);. The largest absolute Gasteiger partial charge is 0.762 e. The van der Waals surface area contributed by atoms with Crippen LogP contribution in [-0.4, -0.2) is 17.5 Å². The fourth-order valence-electron chi connectivity index (χ4n) is 1.08. The number of H-pyrrole nitrogens is 1. The Morgan fingerprint density at radius 2 is 1.79 bits per heavy atom. The lowest BCUT2D eigenvalue weighted by Crippen LogP contribution is -1.76. The maximum absolute atomic E-state index is 9.67. The van der Waals surface area contributed by atoms with E-state index < -0.39 is 7.54 Å². The van der Waals surface area contributed by atoms with Crippen LogP contribution in [0.5, 0.6) is 0 Å². The van der Waals surface area contributed by atoms with E-state index in [1.807, 2.05) is 31.2 Å². The molecule has 0 amide bonds. The summed E-state index contributed by atoms with van der Waals surface area (Å²) in [6.07, 6.45) is 0. The molecule has 0 aliphatic rings. The number of fused-ring (bicyclic) bond motifs is 1. The van der Waals surface area contributed by atoms with Crippen LogP contribution in [0, 0.1) is 6.92 Å². The summed E-state index contributed by atoms with van der Waals surface area (Å²) in [7, 11) is -3.67. The summed E-state index contributed by atoms with van der Waals surface area (Å²) < 4.78 is 29.0. The van der Waals surface area contributed by atoms with E-state index in [-0.39, 0.29) is 0 Å². The molecule has 0 bridgehead atoms. The monoisotopic (exact) mass is 200 g/mol. The van der Waals surface area contributed by atoms with Crippen LogP contribution in [0.15, 0.2) is 24.3 Å². The third-order valence-corrected chi connectivity index (χ3v) is 1.51. The predicted molar refractivity (Wildman–Crippen MR) is 49.9 cm³/mol. The number of halogens is 3. The van der Waals surface area contributed by atoms with E-state index in [2.05, 4.69) is 9.97 Å². The van der Waals surface area contributed by atoms with Gasteiger partial charge in [0.05, 0.1) is 11.0 Å². The molecule has 1 N–H and O–H groups in total. The highest BCUT2D eigenvalue weighted by molar-refractivity contribution is 6.33. The fourth-order valence-corrected chi connectivity index (χ4v) is 1.08. The number of hydrogen-bond acceptors (Lipinski definition) is 1. The van der Waals surface area contributed by atoms with Gasteiger partial charge >= 0.3 is 7.54 Å². The molecule has 0 saturated carbocycles. The number of aromatic amines is 1. The summed E-state index contributed by atoms with van der Waals surface area (Å²) in [4.78, 5) is 7.40. The minimum absolute atomic E-state index is 0.973. The van der Waals surface area contributed by atoms with Gasteiger partial charge in [-0.05, 0) is 19.1 Å². The zero-order valence-electron chi connectivity index (χ0n) is 7.47. The Balaban J connectivity index is 0.000000213. The molecule has 2 aromatic rings. The van der Waals surface area contributed by atoms with Gasteiger partial charge in [-0.2, -0.15) is 0 Å². The van der Waals surface area contributed by atoms with Crippen molar-refractivity contribution < 1.29 is 12.9 Å². The first-order valence-electron chi connectivity index (χ1n) is 3.93. The van der Waals surface area contributed by atoms with Gasteiger partial charge in [-0.1, -0.05) is 12.1 Å². The lowest BCUT2D eigenvalue weighted by atomic mass is 10.3. The molecule has 74 valence electrons. The van der Waals surface area contributed by atoms with Crippen molar-refractivity contribution in [3.8, 4) is 0 Å². The van der Waals surface area contributed by atoms with Crippen molar-refractivity contribution in [2.45, 2.75) is 6.92 Å². The zero-order chi connectivity index (χ0) is 10.6. The first-order chi connectivity index (χ1) is 6.59. The van der Waals surface area contributed by atoms with Gasteiger partial charge in [0.15, 0.2) is 0 Å². The Kier molecular flexibility index (Phi) is 3.56. The smallest absolute Gasteiger partial charge is 0.342 e. The molecule has 0 atom stereocenters. The average Bonchev–Trinajstić information content (AvgIpc) is 2.42. The van der Waals surface area contributed by atoms with E-state index in [9.17, 15) is 12.9 Å². The van der Waals surface area contributed by atoms with Gasteiger partial charge in [0.2, 0.25) is 0 Å². The molecule has 1 aromatic carbocycles. The number of benzene rings is 1. The summed E-state index contributed by atoms with van der Waals surface area (Å²) in [6, 6.07) is 8.01. The van der Waals surface area contributed by atoms with E-state index in [0.717, 1.165) is 16.9 Å². The maximum atomic E-state index is 9.67. The van der Waals surface area contributed by atoms with Crippen LogP contribution in [0.25, 0.3) is 11.0 Å². The van der Waals surface area contributed by atoms with Crippen LogP contribution in [-0.2, 0) is 0 Å². The van der Waals surface area contributed by atoms with Crippen molar-refractivity contribution in [1.82, 2.24) is 9.97 Å². The van der Waals surface area contributed by atoms with E-state index >= 15 is 0 Å². The topological polar surface area (TPSA) is 28.7 Å². The van der Waals surface area contributed by atoms with Crippen molar-refractivity contribution >= 4 is 18.6 Å². The SMILES string of the molecule is Cc1nc2ccccc2[nH]1.FB(F)F. The molecule has 1 heterocycles. The molecule has 0 fully saturated rings. The molecule has 0 aliphatic heterocycles. The fraction of sp³-hybridized carbons (Fsp3) is 0.125. The molecular formula is C8H8BF3N2. The van der Waals surface area contributed by atoms with Gasteiger partial charge < -0.3 is 4.98 Å². The van der Waals surface area contributed by atoms with Crippen molar-refractivity contribution in [3.05, 3.63) is 30.1 Å². The molecule has 0 radical (unpaired) electrons. The van der Waals surface area contributed by atoms with Crippen LogP contribution in [0.3, 0.4) is 0 Å². The van der Waals surface area contributed by atoms with E-state index in [4.69, 9.17) is 0 Å². The summed E-state index contributed by atoms with van der Waals surface area (Å²) in [5.41, 5.74) is 2.15. The van der Waals surface area contributed by atoms with Crippen molar-refractivity contribution in [2.75, 3.05) is 0 Å². The highest BCUT2D eigenvalue weighted by atomic mass is 19.4. The highest BCUT2D eigenvalue weighted by Crippen LogP contribution is 2.08. The molecule has 0 saturated heterocycles. The molecule has 2 rings (SSSR count). The number of rotatable bonds is 0. The van der Waals surface area contributed by atoms with Crippen molar-refractivity contribution in [1.29, 1.82) is 0 Å². The Labute approximate surface area is 79.4 Å². The summed E-state index contributed by atoms with van der Waals surface area (Å²) in [6.45, 7) is 1.96. The summed E-state index contributed by atoms with van der Waals surface area (Å²) >= 11 is 0. The van der Waals surface area contributed by atoms with Crippen LogP contribution in [0.1, 0.15) is 5.82 Å². The van der Waals surface area contributed by atoms with E-state index in [1.54, 1.807) is 0 Å². The van der Waals surface area contributed by atoms with Crippen LogP contribution >= 0.6 is 0 Å². The molecule has 0 aliphatic carbocycles. The minimum atomic E-state index is -3.67. The van der Waals surface area contributed by atoms with Gasteiger partial charge in [-0.25, -0.2) is 4.98 Å². The predicted octanol–water partition coefficient (Wildman–Crippen LogP) is 2.75. The van der Waals surface area contributed by atoms with E-state index in [1.165, 1.54) is 0 Å². The second-order valence-corrected chi connectivity index (χ2v) is 2.59. The third kappa shape index (κ3) is 3.12. The average molecular weight is 200 g/mol. The molecule has 6 heteroatoms. The molecule has 1 aromatic heterocycles. The number of imidazole rings is 1. The number of nitrogens with zero attached hydrogens (tertiary/aromatic N) is 1.